The van der Waals surface area contributed by atoms with E-state index >= 15 is 0 Å². The van der Waals surface area contributed by atoms with Gasteiger partial charge in [0, 0.05) is 12.6 Å². The first-order chi connectivity index (χ1) is 9.19. The van der Waals surface area contributed by atoms with Crippen LogP contribution in [0.2, 0.25) is 0 Å². The van der Waals surface area contributed by atoms with Gasteiger partial charge in [0.15, 0.2) is 0 Å². The molecule has 0 amide bonds. The Hall–Kier alpha value is -0.120. The maximum atomic E-state index is 6.05. The van der Waals surface area contributed by atoms with Crippen LogP contribution in [0.5, 0.6) is 0 Å². The first-order valence-corrected chi connectivity index (χ1v) is 8.26. The monoisotopic (exact) mass is 270 g/mol. The van der Waals surface area contributed by atoms with Gasteiger partial charge >= 0.3 is 0 Å². The van der Waals surface area contributed by atoms with Crippen LogP contribution < -0.4 is 11.3 Å². The van der Waals surface area contributed by atoms with E-state index in [1.165, 1.54) is 44.9 Å². The highest BCUT2D eigenvalue weighted by molar-refractivity contribution is 4.84. The van der Waals surface area contributed by atoms with E-state index in [1.807, 2.05) is 0 Å². The van der Waals surface area contributed by atoms with Crippen molar-refractivity contribution in [1.82, 2.24) is 5.43 Å². The third-order valence-electron chi connectivity index (χ3n) is 4.38. The Morgan fingerprint density at radius 3 is 2.37 bits per heavy atom. The van der Waals surface area contributed by atoms with Crippen molar-refractivity contribution in [2.45, 2.75) is 84.3 Å². The lowest BCUT2D eigenvalue weighted by Crippen LogP contribution is -2.49. The molecule has 2 atom stereocenters. The van der Waals surface area contributed by atoms with E-state index in [9.17, 15) is 0 Å². The lowest BCUT2D eigenvalue weighted by molar-refractivity contribution is -0.0200. The summed E-state index contributed by atoms with van der Waals surface area (Å²) in [5.74, 6) is 7.28. The van der Waals surface area contributed by atoms with Crippen LogP contribution in [0.15, 0.2) is 0 Å². The summed E-state index contributed by atoms with van der Waals surface area (Å²) < 4.78 is 6.05. The second kappa shape index (κ2) is 9.73. The van der Waals surface area contributed by atoms with Crippen molar-refractivity contribution in [3.8, 4) is 0 Å². The predicted octanol–water partition coefficient (Wildman–Crippen LogP) is 3.63. The first kappa shape index (κ1) is 16.9. The molecule has 0 aromatic rings. The molecule has 0 aromatic heterocycles. The molecule has 1 aliphatic rings. The number of nitrogens with two attached hydrogens (primary N) is 1. The summed E-state index contributed by atoms with van der Waals surface area (Å²) in [6, 6.07) is 0.321. The van der Waals surface area contributed by atoms with Gasteiger partial charge in [-0.25, -0.2) is 0 Å². The van der Waals surface area contributed by atoms with Crippen molar-refractivity contribution >= 4 is 0 Å². The number of hydrazine groups is 1. The molecule has 0 saturated heterocycles. The summed E-state index contributed by atoms with van der Waals surface area (Å²) in [6.07, 6.45) is 10.7. The zero-order chi connectivity index (χ0) is 14.1. The topological polar surface area (TPSA) is 47.3 Å². The van der Waals surface area contributed by atoms with Crippen LogP contribution in [-0.4, -0.2) is 18.8 Å². The fraction of sp³-hybridized carbons (Fsp3) is 1.00. The van der Waals surface area contributed by atoms with Crippen molar-refractivity contribution in [3.05, 3.63) is 0 Å². The normalized spacial score (nSPS) is 20.7. The number of ether oxygens (including phenoxy) is 1. The van der Waals surface area contributed by atoms with Crippen LogP contribution in [0.1, 0.15) is 72.1 Å². The Bertz CT molecular complexity index is 215. The molecule has 0 heterocycles. The van der Waals surface area contributed by atoms with Crippen LogP contribution in [0.4, 0.5) is 0 Å². The Kier molecular flexibility index (Phi) is 8.67. The van der Waals surface area contributed by atoms with E-state index in [0.29, 0.717) is 18.1 Å². The van der Waals surface area contributed by atoms with Crippen LogP contribution in [0, 0.1) is 11.8 Å². The van der Waals surface area contributed by atoms with E-state index in [1.54, 1.807) is 0 Å². The highest BCUT2D eigenvalue weighted by atomic mass is 16.5. The molecule has 3 heteroatoms. The smallest absolute Gasteiger partial charge is 0.0769 e. The van der Waals surface area contributed by atoms with Crippen LogP contribution in [0.3, 0.4) is 0 Å². The molecule has 0 bridgehead atoms. The largest absolute Gasteiger partial charge is 0.377 e. The molecule has 0 aromatic carbocycles. The maximum absolute atomic E-state index is 6.05. The fourth-order valence-corrected chi connectivity index (χ4v) is 3.32. The van der Waals surface area contributed by atoms with Crippen molar-refractivity contribution in [1.29, 1.82) is 0 Å². The molecule has 2 unspecified atom stereocenters. The molecule has 1 aliphatic carbocycles. The Balaban J connectivity index is 2.49. The lowest BCUT2D eigenvalue weighted by Gasteiger charge is -2.35. The maximum Gasteiger partial charge on any atom is 0.0769 e. The molecular weight excluding hydrogens is 236 g/mol. The van der Waals surface area contributed by atoms with Crippen LogP contribution in [-0.2, 0) is 4.74 Å². The number of nitrogens with one attached hydrogen (secondary N) is 1. The van der Waals surface area contributed by atoms with Crippen molar-refractivity contribution in [2.75, 3.05) is 6.61 Å². The number of rotatable bonds is 9. The van der Waals surface area contributed by atoms with Crippen molar-refractivity contribution in [3.63, 3.8) is 0 Å². The van der Waals surface area contributed by atoms with Crippen molar-refractivity contribution in [2.24, 2.45) is 17.7 Å². The molecule has 0 spiro atoms. The van der Waals surface area contributed by atoms with E-state index in [-0.39, 0.29) is 0 Å². The Labute approximate surface area is 119 Å². The summed E-state index contributed by atoms with van der Waals surface area (Å²) in [7, 11) is 0. The van der Waals surface area contributed by atoms with Gasteiger partial charge in [-0.05, 0) is 38.0 Å². The average molecular weight is 270 g/mol. The third-order valence-corrected chi connectivity index (χ3v) is 4.38. The molecule has 0 radical (unpaired) electrons. The van der Waals surface area contributed by atoms with E-state index in [0.717, 1.165) is 18.9 Å². The van der Waals surface area contributed by atoms with Gasteiger partial charge in [0.25, 0.3) is 0 Å². The minimum atomic E-state index is 0.308. The highest BCUT2D eigenvalue weighted by Crippen LogP contribution is 2.30. The minimum Gasteiger partial charge on any atom is -0.377 e. The zero-order valence-electron chi connectivity index (χ0n) is 13.2. The first-order valence-electron chi connectivity index (χ1n) is 8.26. The second-order valence-corrected chi connectivity index (χ2v) is 6.42. The minimum absolute atomic E-state index is 0.308. The van der Waals surface area contributed by atoms with Gasteiger partial charge in [0.05, 0.1) is 6.10 Å². The Morgan fingerprint density at radius 2 is 1.84 bits per heavy atom. The molecular formula is C16H34N2O. The van der Waals surface area contributed by atoms with Gasteiger partial charge in [-0.2, -0.15) is 0 Å². The predicted molar refractivity (Wildman–Crippen MR) is 81.8 cm³/mol. The quantitative estimate of drug-likeness (QED) is 0.497. The molecule has 0 aliphatic heterocycles. The molecule has 3 nitrogen and oxygen atoms in total. The van der Waals surface area contributed by atoms with Gasteiger partial charge in [0.1, 0.15) is 0 Å². The number of hydrogen-bond donors (Lipinski definition) is 2. The Morgan fingerprint density at radius 1 is 1.16 bits per heavy atom. The SMILES string of the molecule is CCOC(C1CCCCC1)C(CCCC(C)C)NN. The standard InChI is InChI=1S/C16H34N2O/c1-4-19-16(14-10-6-5-7-11-14)15(18-17)12-8-9-13(2)3/h13-16,18H,4-12,17H2,1-3H3. The van der Waals surface area contributed by atoms with E-state index in [2.05, 4.69) is 26.2 Å². The average Bonchev–Trinajstić information content (AvgIpc) is 2.42. The molecule has 114 valence electrons. The summed E-state index contributed by atoms with van der Waals surface area (Å²) in [6.45, 7) is 7.46. The molecule has 19 heavy (non-hydrogen) atoms. The summed E-state index contributed by atoms with van der Waals surface area (Å²) in [5.41, 5.74) is 3.03. The van der Waals surface area contributed by atoms with Crippen molar-refractivity contribution < 1.29 is 4.74 Å². The second-order valence-electron chi connectivity index (χ2n) is 6.42. The molecule has 3 N–H and O–H groups in total. The molecule has 1 saturated carbocycles. The van der Waals surface area contributed by atoms with Gasteiger partial charge in [-0.15, -0.1) is 0 Å². The van der Waals surface area contributed by atoms with Gasteiger partial charge in [-0.3, -0.25) is 11.3 Å². The zero-order valence-corrected chi connectivity index (χ0v) is 13.2. The number of hydrogen-bond acceptors (Lipinski definition) is 3. The van der Waals surface area contributed by atoms with E-state index < -0.39 is 0 Å². The van der Waals surface area contributed by atoms with Crippen LogP contribution in [0.25, 0.3) is 0 Å². The summed E-state index contributed by atoms with van der Waals surface area (Å²) in [4.78, 5) is 0. The molecule has 1 fully saturated rings. The van der Waals surface area contributed by atoms with E-state index in [4.69, 9.17) is 10.6 Å². The highest BCUT2D eigenvalue weighted by Gasteiger charge is 2.30. The summed E-state index contributed by atoms with van der Waals surface area (Å²) in [5, 5.41) is 0. The van der Waals surface area contributed by atoms with Gasteiger partial charge in [-0.1, -0.05) is 46.0 Å². The third kappa shape index (κ3) is 6.24. The summed E-state index contributed by atoms with van der Waals surface area (Å²) >= 11 is 0. The fourth-order valence-electron chi connectivity index (χ4n) is 3.32. The molecule has 1 rings (SSSR count). The van der Waals surface area contributed by atoms with Gasteiger partial charge in [0.2, 0.25) is 0 Å². The lowest BCUT2D eigenvalue weighted by atomic mass is 9.81. The van der Waals surface area contributed by atoms with Crippen LogP contribution >= 0.6 is 0 Å². The van der Waals surface area contributed by atoms with Gasteiger partial charge < -0.3 is 4.74 Å².